The van der Waals surface area contributed by atoms with Gasteiger partial charge in [-0.1, -0.05) is 25.0 Å². The molecule has 2 aromatic carbocycles. The maximum Gasteiger partial charge on any atom is 0.244 e. The van der Waals surface area contributed by atoms with Crippen molar-refractivity contribution in [2.24, 2.45) is 0 Å². The Hall–Kier alpha value is -2.84. The Morgan fingerprint density at radius 2 is 1.70 bits per heavy atom. The highest BCUT2D eigenvalue weighted by molar-refractivity contribution is 7.89. The van der Waals surface area contributed by atoms with Gasteiger partial charge in [-0.15, -0.1) is 0 Å². The summed E-state index contributed by atoms with van der Waals surface area (Å²) in [6.45, 7) is 1.62. The fourth-order valence-electron chi connectivity index (χ4n) is 3.78. The van der Waals surface area contributed by atoms with Gasteiger partial charge in [-0.25, -0.2) is 8.42 Å². The maximum absolute atomic E-state index is 12.9. The summed E-state index contributed by atoms with van der Waals surface area (Å²) in [7, 11) is -0.290. The molecule has 33 heavy (non-hydrogen) atoms. The summed E-state index contributed by atoms with van der Waals surface area (Å²) >= 11 is 0. The van der Waals surface area contributed by atoms with Crippen LogP contribution in [0.25, 0.3) is 6.08 Å². The van der Waals surface area contributed by atoms with Gasteiger partial charge in [0.05, 0.1) is 19.1 Å². The van der Waals surface area contributed by atoms with Gasteiger partial charge in [-0.3, -0.25) is 4.79 Å². The summed E-state index contributed by atoms with van der Waals surface area (Å²) < 4.78 is 37.9. The van der Waals surface area contributed by atoms with Gasteiger partial charge >= 0.3 is 0 Å². The van der Waals surface area contributed by atoms with Crippen molar-refractivity contribution in [1.29, 1.82) is 0 Å². The second-order valence-electron chi connectivity index (χ2n) is 7.94. The van der Waals surface area contributed by atoms with Crippen molar-refractivity contribution in [3.05, 3.63) is 59.7 Å². The molecule has 0 radical (unpaired) electrons. The van der Waals surface area contributed by atoms with Gasteiger partial charge in [0.15, 0.2) is 0 Å². The highest BCUT2D eigenvalue weighted by Crippen LogP contribution is 2.25. The zero-order valence-electron chi connectivity index (χ0n) is 19.2. The lowest BCUT2D eigenvalue weighted by molar-refractivity contribution is -0.116. The van der Waals surface area contributed by atoms with Crippen molar-refractivity contribution in [3.63, 3.8) is 0 Å². The van der Waals surface area contributed by atoms with Crippen LogP contribution >= 0.6 is 0 Å². The minimum atomic E-state index is -3.45. The van der Waals surface area contributed by atoms with Gasteiger partial charge in [0, 0.05) is 31.3 Å². The van der Waals surface area contributed by atoms with E-state index < -0.39 is 10.0 Å². The molecule has 0 spiro atoms. The molecule has 3 rings (SSSR count). The maximum atomic E-state index is 12.9. The quantitative estimate of drug-likeness (QED) is 0.563. The zero-order valence-corrected chi connectivity index (χ0v) is 20.1. The molecule has 1 N–H and O–H groups in total. The zero-order chi connectivity index (χ0) is 23.7. The average molecular weight is 473 g/mol. The largest absolute Gasteiger partial charge is 0.497 e. The average Bonchev–Trinajstić information content (AvgIpc) is 3.13. The van der Waals surface area contributed by atoms with E-state index in [9.17, 15) is 13.2 Å². The number of methoxy groups -OCH3 is 2. The number of nitrogens with one attached hydrogen (secondary N) is 1. The molecule has 1 heterocycles. The lowest BCUT2D eigenvalue weighted by Crippen LogP contribution is -2.31. The number of carbonyl (C=O) groups excluding carboxylic acids is 1. The van der Waals surface area contributed by atoms with Crippen LogP contribution in [0.15, 0.2) is 53.4 Å². The van der Waals surface area contributed by atoms with E-state index in [1.807, 2.05) is 12.1 Å². The number of carbonyl (C=O) groups is 1. The van der Waals surface area contributed by atoms with Gasteiger partial charge < -0.3 is 14.8 Å². The molecule has 0 unspecified atom stereocenters. The minimum Gasteiger partial charge on any atom is -0.497 e. The van der Waals surface area contributed by atoms with Gasteiger partial charge in [-0.2, -0.15) is 4.31 Å². The van der Waals surface area contributed by atoms with Crippen LogP contribution in [0, 0.1) is 0 Å². The van der Waals surface area contributed by atoms with Crippen LogP contribution < -0.4 is 14.8 Å². The minimum absolute atomic E-state index is 0.222. The van der Waals surface area contributed by atoms with Crippen LogP contribution in [0.4, 0.5) is 0 Å². The van der Waals surface area contributed by atoms with E-state index in [1.165, 1.54) is 6.08 Å². The second-order valence-corrected chi connectivity index (χ2v) is 9.88. The number of amides is 1. The Labute approximate surface area is 196 Å². The first-order valence-electron chi connectivity index (χ1n) is 11.2. The van der Waals surface area contributed by atoms with E-state index in [2.05, 4.69) is 5.32 Å². The van der Waals surface area contributed by atoms with Gasteiger partial charge in [-0.05, 0) is 61.2 Å². The van der Waals surface area contributed by atoms with Gasteiger partial charge in [0.1, 0.15) is 11.5 Å². The molecule has 0 saturated carbocycles. The van der Waals surface area contributed by atoms with E-state index in [-0.39, 0.29) is 5.91 Å². The molecule has 1 fully saturated rings. The van der Waals surface area contributed by atoms with E-state index in [0.29, 0.717) is 42.4 Å². The first-order valence-corrected chi connectivity index (χ1v) is 12.6. The Bertz CT molecular complexity index is 1060. The third-order valence-electron chi connectivity index (χ3n) is 5.69. The smallest absolute Gasteiger partial charge is 0.244 e. The Morgan fingerprint density at radius 3 is 2.33 bits per heavy atom. The fraction of sp³-hybridized carbons (Fsp3) is 0.400. The molecule has 1 saturated heterocycles. The Kier molecular flexibility index (Phi) is 8.91. The molecule has 0 atom stereocenters. The van der Waals surface area contributed by atoms with Crippen LogP contribution in [0.3, 0.4) is 0 Å². The number of benzene rings is 2. The van der Waals surface area contributed by atoms with Crippen molar-refractivity contribution in [1.82, 2.24) is 9.62 Å². The van der Waals surface area contributed by atoms with Crippen molar-refractivity contribution in [2.75, 3.05) is 33.9 Å². The van der Waals surface area contributed by atoms with E-state index in [1.54, 1.807) is 54.9 Å². The summed E-state index contributed by atoms with van der Waals surface area (Å²) in [5, 5.41) is 2.85. The van der Waals surface area contributed by atoms with E-state index in [0.717, 1.165) is 36.8 Å². The normalized spacial score (nSPS) is 15.2. The lowest BCUT2D eigenvalue weighted by Gasteiger charge is -2.20. The van der Waals surface area contributed by atoms with Crippen LogP contribution in [0.1, 0.15) is 36.8 Å². The lowest BCUT2D eigenvalue weighted by atomic mass is 10.1. The van der Waals surface area contributed by atoms with Crippen LogP contribution in [-0.4, -0.2) is 52.5 Å². The highest BCUT2D eigenvalue weighted by atomic mass is 32.2. The molecule has 0 bridgehead atoms. The number of ether oxygens (including phenoxy) is 2. The molecule has 0 aromatic heterocycles. The Balaban J connectivity index is 1.52. The molecule has 1 aliphatic rings. The van der Waals surface area contributed by atoms with Gasteiger partial charge in [0.25, 0.3) is 0 Å². The molecule has 1 aliphatic heterocycles. The summed E-state index contributed by atoms with van der Waals surface area (Å²) in [6, 6.07) is 12.3. The topological polar surface area (TPSA) is 84.9 Å². The number of hydrogen-bond acceptors (Lipinski definition) is 5. The molecular formula is C25H32N2O5S. The van der Waals surface area contributed by atoms with E-state index >= 15 is 0 Å². The fourth-order valence-corrected chi connectivity index (χ4v) is 5.30. The standard InChI is InChI=1S/C25H32N2O5S/c1-31-22-10-13-24(32-2)21(19-22)9-14-25(28)26-16-15-20-7-11-23(12-8-20)33(29,30)27-17-5-3-4-6-18-27/h7-14,19H,3-6,15-18H2,1-2H3,(H,26,28)/b14-9+. The molecule has 2 aromatic rings. The van der Waals surface area contributed by atoms with Crippen LogP contribution in [-0.2, 0) is 21.2 Å². The van der Waals surface area contributed by atoms with Crippen molar-refractivity contribution >= 4 is 22.0 Å². The number of sulfonamides is 1. The summed E-state index contributed by atoms with van der Waals surface area (Å²) in [5.74, 6) is 1.10. The summed E-state index contributed by atoms with van der Waals surface area (Å²) in [4.78, 5) is 12.5. The summed E-state index contributed by atoms with van der Waals surface area (Å²) in [5.41, 5.74) is 1.71. The number of rotatable bonds is 9. The molecular weight excluding hydrogens is 440 g/mol. The predicted octanol–water partition coefficient (Wildman–Crippen LogP) is 3.64. The Morgan fingerprint density at radius 1 is 1.00 bits per heavy atom. The first kappa shape index (κ1) is 24.8. The number of nitrogens with zero attached hydrogens (tertiary/aromatic N) is 1. The third kappa shape index (κ3) is 6.82. The molecule has 1 amide bonds. The molecule has 178 valence electrons. The van der Waals surface area contributed by atoms with Crippen molar-refractivity contribution in [2.45, 2.75) is 37.0 Å². The van der Waals surface area contributed by atoms with Gasteiger partial charge in [0.2, 0.25) is 15.9 Å². The second kappa shape index (κ2) is 11.9. The summed E-state index contributed by atoms with van der Waals surface area (Å²) in [6.07, 6.45) is 7.73. The molecule has 8 heteroatoms. The monoisotopic (exact) mass is 472 g/mol. The molecule has 0 aliphatic carbocycles. The van der Waals surface area contributed by atoms with Crippen molar-refractivity contribution in [3.8, 4) is 11.5 Å². The number of hydrogen-bond donors (Lipinski definition) is 1. The predicted molar refractivity (Wildman–Crippen MR) is 129 cm³/mol. The molecule has 7 nitrogen and oxygen atoms in total. The van der Waals surface area contributed by atoms with Crippen molar-refractivity contribution < 1.29 is 22.7 Å². The van der Waals surface area contributed by atoms with Crippen LogP contribution in [0.2, 0.25) is 0 Å². The highest BCUT2D eigenvalue weighted by Gasteiger charge is 2.24. The SMILES string of the molecule is COc1ccc(OC)c(/C=C/C(=O)NCCc2ccc(S(=O)(=O)N3CCCCCC3)cc2)c1. The first-order chi connectivity index (χ1) is 15.9. The third-order valence-corrected chi connectivity index (χ3v) is 7.60. The van der Waals surface area contributed by atoms with Crippen LogP contribution in [0.5, 0.6) is 11.5 Å². The van der Waals surface area contributed by atoms with E-state index in [4.69, 9.17) is 9.47 Å².